The molecule has 7 heteroatoms. The first-order chi connectivity index (χ1) is 12.5. The molecule has 0 saturated carbocycles. The average molecular weight is 347 g/mol. The topological polar surface area (TPSA) is 98.1 Å². The minimum absolute atomic E-state index is 0.175. The number of nitrogen functional groups attached to an aromatic ring is 1. The van der Waals surface area contributed by atoms with Crippen LogP contribution in [0.4, 0.5) is 26.5 Å². The lowest BCUT2D eigenvalue weighted by atomic mass is 10.1. The number of nitrogens with two attached hydrogens (primary N) is 2. The van der Waals surface area contributed by atoms with Crippen LogP contribution in [-0.2, 0) is 0 Å². The van der Waals surface area contributed by atoms with E-state index in [-0.39, 0.29) is 5.95 Å². The molecular weight excluding hydrogens is 333 g/mol. The highest BCUT2D eigenvalue weighted by Crippen LogP contribution is 2.26. The third kappa shape index (κ3) is 3.94. The van der Waals surface area contributed by atoms with Crippen molar-refractivity contribution in [3.05, 3.63) is 77.9 Å². The van der Waals surface area contributed by atoms with E-state index in [9.17, 15) is 9.18 Å². The van der Waals surface area contributed by atoms with Gasteiger partial charge in [-0.3, -0.25) is 4.90 Å². The zero-order valence-corrected chi connectivity index (χ0v) is 13.6. The Morgan fingerprint density at radius 2 is 1.62 bits per heavy atom. The molecule has 128 valence electrons. The number of hydrogen-bond acceptors (Lipinski definition) is 4. The van der Waals surface area contributed by atoms with Gasteiger partial charge in [0.1, 0.15) is 5.82 Å². The van der Waals surface area contributed by atoms with Gasteiger partial charge in [0.25, 0.3) is 0 Å². The molecule has 3 aromatic rings. The quantitative estimate of drug-likeness (QED) is 0.697. The third-order valence-electron chi connectivity index (χ3n) is 3.43. The second-order valence-electron chi connectivity index (χ2n) is 5.28. The maximum absolute atomic E-state index is 13.1. The number of nitrogens with zero attached hydrogens (tertiary/aromatic N) is 3. The molecule has 26 heavy (non-hydrogen) atoms. The van der Waals surface area contributed by atoms with Gasteiger partial charge in [0, 0.05) is 18.0 Å². The van der Waals surface area contributed by atoms with Gasteiger partial charge < -0.3 is 11.5 Å². The summed E-state index contributed by atoms with van der Waals surface area (Å²) in [7, 11) is 0. The Bertz CT molecular complexity index is 991. The van der Waals surface area contributed by atoms with Crippen molar-refractivity contribution >= 4 is 23.4 Å². The van der Waals surface area contributed by atoms with E-state index < -0.39 is 11.8 Å². The molecule has 0 aliphatic carbocycles. The Kier molecular flexibility index (Phi) is 4.76. The molecule has 6 nitrogen and oxygen atoms in total. The molecule has 4 N–H and O–H groups in total. The first-order valence-electron chi connectivity index (χ1n) is 7.57. The summed E-state index contributed by atoms with van der Waals surface area (Å²) < 4.78 is 13.1. The number of urea groups is 1. The predicted molar refractivity (Wildman–Crippen MR) is 97.0 cm³/mol. The van der Waals surface area contributed by atoms with Crippen LogP contribution in [0.25, 0.3) is 0 Å². The van der Waals surface area contributed by atoms with Gasteiger partial charge in [-0.25, -0.2) is 19.2 Å². The number of halogens is 1. The van der Waals surface area contributed by atoms with E-state index in [0.29, 0.717) is 22.5 Å². The van der Waals surface area contributed by atoms with Crippen LogP contribution in [0, 0.1) is 17.7 Å². The molecule has 3 rings (SSSR count). The fourth-order valence-corrected chi connectivity index (χ4v) is 2.26. The highest BCUT2D eigenvalue weighted by molar-refractivity contribution is 5.98. The largest absolute Gasteiger partial charge is 0.368 e. The molecule has 0 saturated heterocycles. The van der Waals surface area contributed by atoms with Crippen LogP contribution >= 0.6 is 0 Å². The van der Waals surface area contributed by atoms with Gasteiger partial charge in [-0.1, -0.05) is 17.9 Å². The Morgan fingerprint density at radius 3 is 2.27 bits per heavy atom. The number of benzene rings is 2. The Labute approximate surface area is 149 Å². The Hall–Kier alpha value is -3.92. The zero-order valence-electron chi connectivity index (χ0n) is 13.6. The van der Waals surface area contributed by atoms with Gasteiger partial charge in [0.15, 0.2) is 0 Å². The second-order valence-corrected chi connectivity index (χ2v) is 5.28. The van der Waals surface area contributed by atoms with Crippen molar-refractivity contribution in [3.63, 3.8) is 0 Å². The molecule has 0 bridgehead atoms. The van der Waals surface area contributed by atoms with Crippen LogP contribution in [0.3, 0.4) is 0 Å². The van der Waals surface area contributed by atoms with Crippen molar-refractivity contribution in [3.8, 4) is 11.8 Å². The van der Waals surface area contributed by atoms with Crippen LogP contribution in [-0.4, -0.2) is 16.0 Å². The van der Waals surface area contributed by atoms with Crippen LogP contribution in [0.2, 0.25) is 0 Å². The lowest BCUT2D eigenvalue weighted by molar-refractivity contribution is 0.256. The summed E-state index contributed by atoms with van der Waals surface area (Å²) in [5.41, 5.74) is 13.2. The lowest BCUT2D eigenvalue weighted by Crippen LogP contribution is -2.31. The number of amides is 2. The average Bonchev–Trinajstić information content (AvgIpc) is 2.63. The first-order valence-corrected chi connectivity index (χ1v) is 7.57. The molecule has 1 aromatic heterocycles. The van der Waals surface area contributed by atoms with Crippen molar-refractivity contribution in [2.24, 2.45) is 5.73 Å². The Morgan fingerprint density at radius 1 is 0.962 bits per heavy atom. The lowest BCUT2D eigenvalue weighted by Gasteiger charge is -2.20. The second kappa shape index (κ2) is 7.32. The molecule has 0 aliphatic heterocycles. The van der Waals surface area contributed by atoms with Gasteiger partial charge in [-0.2, -0.15) is 0 Å². The van der Waals surface area contributed by atoms with Gasteiger partial charge in [0.05, 0.1) is 16.9 Å². The molecule has 2 aromatic carbocycles. The monoisotopic (exact) mass is 347 g/mol. The summed E-state index contributed by atoms with van der Waals surface area (Å²) in [5, 5.41) is 0. The SMILES string of the molecule is NC(=O)N(c1ccc(F)cc1)c1cccc(C#Cc2cnc(N)nc2)c1. The number of rotatable bonds is 2. The number of anilines is 3. The molecule has 0 radical (unpaired) electrons. The van der Waals surface area contributed by atoms with Gasteiger partial charge in [-0.15, -0.1) is 0 Å². The molecule has 1 heterocycles. The first kappa shape index (κ1) is 16.9. The van der Waals surface area contributed by atoms with Crippen LogP contribution in [0.5, 0.6) is 0 Å². The van der Waals surface area contributed by atoms with Crippen molar-refractivity contribution in [2.45, 2.75) is 0 Å². The van der Waals surface area contributed by atoms with Crippen molar-refractivity contribution in [2.75, 3.05) is 10.6 Å². The predicted octanol–water partition coefficient (Wildman–Crippen LogP) is 2.81. The van der Waals surface area contributed by atoms with Crippen LogP contribution in [0.15, 0.2) is 60.9 Å². The van der Waals surface area contributed by atoms with Crippen molar-refractivity contribution in [1.29, 1.82) is 0 Å². The van der Waals surface area contributed by atoms with E-state index in [1.165, 1.54) is 41.6 Å². The van der Waals surface area contributed by atoms with E-state index in [2.05, 4.69) is 21.8 Å². The van der Waals surface area contributed by atoms with E-state index in [4.69, 9.17) is 11.5 Å². The van der Waals surface area contributed by atoms with Crippen molar-refractivity contribution in [1.82, 2.24) is 9.97 Å². The van der Waals surface area contributed by atoms with Gasteiger partial charge in [0.2, 0.25) is 5.95 Å². The minimum Gasteiger partial charge on any atom is -0.368 e. The number of aromatic nitrogens is 2. The summed E-state index contributed by atoms with van der Waals surface area (Å²) >= 11 is 0. The highest BCUT2D eigenvalue weighted by atomic mass is 19.1. The smallest absolute Gasteiger partial charge is 0.323 e. The summed E-state index contributed by atoms with van der Waals surface area (Å²) in [6.07, 6.45) is 3.04. The minimum atomic E-state index is -0.686. The summed E-state index contributed by atoms with van der Waals surface area (Å²) in [6.45, 7) is 0. The number of carbonyl (C=O) groups is 1. The van der Waals surface area contributed by atoms with E-state index in [0.717, 1.165) is 0 Å². The van der Waals surface area contributed by atoms with E-state index >= 15 is 0 Å². The van der Waals surface area contributed by atoms with Crippen LogP contribution in [0.1, 0.15) is 11.1 Å². The molecule has 0 spiro atoms. The number of hydrogen-bond donors (Lipinski definition) is 2. The zero-order chi connectivity index (χ0) is 18.5. The maximum atomic E-state index is 13.1. The molecule has 0 unspecified atom stereocenters. The van der Waals surface area contributed by atoms with E-state index in [1.807, 2.05) is 0 Å². The summed E-state index contributed by atoms with van der Waals surface area (Å²) in [6, 6.07) is 11.7. The van der Waals surface area contributed by atoms with E-state index in [1.54, 1.807) is 24.3 Å². The summed E-state index contributed by atoms with van der Waals surface area (Å²) in [5.74, 6) is 5.66. The third-order valence-corrected chi connectivity index (χ3v) is 3.43. The Balaban J connectivity index is 1.93. The number of carbonyl (C=O) groups excluding carboxylic acids is 1. The highest BCUT2D eigenvalue weighted by Gasteiger charge is 2.15. The van der Waals surface area contributed by atoms with Gasteiger partial charge >= 0.3 is 6.03 Å². The molecule has 0 aliphatic rings. The molecular formula is C19H14FN5O. The normalized spacial score (nSPS) is 9.88. The molecule has 0 atom stereocenters. The van der Waals surface area contributed by atoms with Crippen molar-refractivity contribution < 1.29 is 9.18 Å². The number of primary amides is 1. The standard InChI is InChI=1S/C19H14FN5O/c20-15-6-8-16(9-7-15)25(19(22)26)17-3-1-2-13(10-17)4-5-14-11-23-18(21)24-12-14/h1-3,6-12H,(H2,22,26)(H2,21,23,24). The fraction of sp³-hybridized carbons (Fsp3) is 0. The fourth-order valence-electron chi connectivity index (χ4n) is 2.26. The molecule has 0 fully saturated rings. The summed E-state index contributed by atoms with van der Waals surface area (Å²) in [4.78, 5) is 20.9. The maximum Gasteiger partial charge on any atom is 0.323 e. The van der Waals surface area contributed by atoms with Crippen LogP contribution < -0.4 is 16.4 Å². The molecule has 2 amide bonds. The van der Waals surface area contributed by atoms with Gasteiger partial charge in [-0.05, 0) is 42.5 Å².